The molecule has 1 aliphatic rings. The molecule has 0 bridgehead atoms. The number of aryl methyl sites for hydroxylation is 2. The molecular formula is C22H25ClFN7O2. The summed E-state index contributed by atoms with van der Waals surface area (Å²) in [7, 11) is 4.90. The van der Waals surface area contributed by atoms with Crippen molar-refractivity contribution in [3.8, 4) is 5.75 Å². The van der Waals surface area contributed by atoms with Crippen LogP contribution in [0.1, 0.15) is 10.4 Å². The van der Waals surface area contributed by atoms with E-state index < -0.39 is 5.82 Å². The van der Waals surface area contributed by atoms with Crippen LogP contribution in [0.4, 0.5) is 15.8 Å². The number of hydrogen-bond acceptors (Lipinski definition) is 6. The zero-order valence-corrected chi connectivity index (χ0v) is 19.4. The van der Waals surface area contributed by atoms with Gasteiger partial charge in [0, 0.05) is 69.1 Å². The molecule has 0 unspecified atom stereocenters. The summed E-state index contributed by atoms with van der Waals surface area (Å²) in [6.07, 6.45) is 3.61. The van der Waals surface area contributed by atoms with Crippen LogP contribution in [0.25, 0.3) is 21.8 Å². The predicted molar refractivity (Wildman–Crippen MR) is 128 cm³/mol. The monoisotopic (exact) mass is 473 g/mol. The van der Waals surface area contributed by atoms with Gasteiger partial charge in [-0.25, -0.2) is 4.39 Å². The summed E-state index contributed by atoms with van der Waals surface area (Å²) in [6.45, 7) is 3.59. The van der Waals surface area contributed by atoms with E-state index in [9.17, 15) is 9.18 Å². The lowest BCUT2D eigenvalue weighted by Gasteiger charge is -2.30. The Balaban J connectivity index is 0.00000259. The van der Waals surface area contributed by atoms with Crippen LogP contribution in [0.5, 0.6) is 5.75 Å². The molecule has 174 valence electrons. The minimum Gasteiger partial charge on any atom is -0.491 e. The van der Waals surface area contributed by atoms with Gasteiger partial charge < -0.3 is 20.3 Å². The topological polar surface area (TPSA) is 89.2 Å². The van der Waals surface area contributed by atoms with Gasteiger partial charge in [-0.3, -0.25) is 14.2 Å². The van der Waals surface area contributed by atoms with Crippen LogP contribution in [0, 0.1) is 5.82 Å². The first-order valence-electron chi connectivity index (χ1n) is 10.4. The Labute approximate surface area is 195 Å². The van der Waals surface area contributed by atoms with Gasteiger partial charge in [-0.05, 0) is 18.2 Å². The predicted octanol–water partition coefficient (Wildman–Crippen LogP) is 2.69. The van der Waals surface area contributed by atoms with E-state index in [-0.39, 0.29) is 35.3 Å². The Morgan fingerprint density at radius 1 is 1.12 bits per heavy atom. The van der Waals surface area contributed by atoms with E-state index >= 15 is 0 Å². The molecule has 1 fully saturated rings. The maximum Gasteiger partial charge on any atom is 0.258 e. The molecule has 4 aromatic rings. The number of benzene rings is 2. The molecule has 1 amide bonds. The fourth-order valence-corrected chi connectivity index (χ4v) is 4.28. The molecule has 33 heavy (non-hydrogen) atoms. The second-order valence-corrected chi connectivity index (χ2v) is 7.90. The number of amides is 1. The van der Waals surface area contributed by atoms with Crippen LogP contribution in [-0.2, 0) is 14.1 Å². The number of hydrogen-bond donors (Lipinski definition) is 2. The SMILES string of the molecule is COc1c(NC(=O)c2ccc(N3CCNCC3)c3cn(C)nc23)cc2cn(C)nc2c1F.Cl. The van der Waals surface area contributed by atoms with E-state index in [4.69, 9.17) is 4.74 Å². The number of ether oxygens (including phenoxy) is 1. The summed E-state index contributed by atoms with van der Waals surface area (Å²) >= 11 is 0. The highest BCUT2D eigenvalue weighted by atomic mass is 35.5. The maximum atomic E-state index is 14.9. The minimum atomic E-state index is -0.613. The zero-order valence-electron chi connectivity index (χ0n) is 18.6. The lowest BCUT2D eigenvalue weighted by Crippen LogP contribution is -2.43. The van der Waals surface area contributed by atoms with Gasteiger partial charge in [0.25, 0.3) is 5.91 Å². The van der Waals surface area contributed by atoms with Crippen molar-refractivity contribution in [2.24, 2.45) is 14.1 Å². The molecule has 2 N–H and O–H groups in total. The van der Waals surface area contributed by atoms with E-state index in [1.54, 1.807) is 30.1 Å². The van der Waals surface area contributed by atoms with E-state index in [1.807, 2.05) is 19.3 Å². The molecular weight excluding hydrogens is 449 g/mol. The van der Waals surface area contributed by atoms with E-state index in [0.29, 0.717) is 16.5 Å². The molecule has 3 heterocycles. The van der Waals surface area contributed by atoms with Crippen LogP contribution >= 0.6 is 12.4 Å². The number of nitrogens with zero attached hydrogens (tertiary/aromatic N) is 5. The molecule has 1 aliphatic heterocycles. The number of halogens is 2. The number of methoxy groups -OCH3 is 1. The number of carbonyl (C=O) groups excluding carboxylic acids is 1. The number of carbonyl (C=O) groups is 1. The molecule has 0 spiro atoms. The van der Waals surface area contributed by atoms with Crippen molar-refractivity contribution in [1.29, 1.82) is 0 Å². The van der Waals surface area contributed by atoms with Crippen molar-refractivity contribution in [3.05, 3.63) is 42.0 Å². The Morgan fingerprint density at radius 2 is 1.82 bits per heavy atom. The molecule has 5 rings (SSSR count). The van der Waals surface area contributed by atoms with Gasteiger partial charge in [-0.15, -0.1) is 12.4 Å². The fraction of sp³-hybridized carbons (Fsp3) is 0.318. The molecule has 0 saturated carbocycles. The van der Waals surface area contributed by atoms with E-state index in [2.05, 4.69) is 25.7 Å². The second kappa shape index (κ2) is 8.87. The highest BCUT2D eigenvalue weighted by Crippen LogP contribution is 2.35. The molecule has 1 saturated heterocycles. The Bertz CT molecular complexity index is 1340. The Hall–Kier alpha value is -3.37. The van der Waals surface area contributed by atoms with Crippen molar-refractivity contribution in [2.75, 3.05) is 43.5 Å². The molecule has 0 aliphatic carbocycles. The molecule has 2 aromatic carbocycles. The summed E-state index contributed by atoms with van der Waals surface area (Å²) in [6, 6.07) is 5.38. The smallest absolute Gasteiger partial charge is 0.258 e. The maximum absolute atomic E-state index is 14.9. The summed E-state index contributed by atoms with van der Waals surface area (Å²) in [4.78, 5) is 15.6. The number of fused-ring (bicyclic) bond motifs is 2. The molecule has 11 heteroatoms. The van der Waals surface area contributed by atoms with Crippen LogP contribution in [0.2, 0.25) is 0 Å². The Kier molecular flexibility index (Phi) is 6.13. The van der Waals surface area contributed by atoms with E-state index in [1.165, 1.54) is 11.8 Å². The summed E-state index contributed by atoms with van der Waals surface area (Å²) < 4.78 is 23.4. The molecule has 0 atom stereocenters. The highest BCUT2D eigenvalue weighted by molar-refractivity contribution is 6.14. The third-order valence-corrected chi connectivity index (χ3v) is 5.73. The quantitative estimate of drug-likeness (QED) is 0.474. The summed E-state index contributed by atoms with van der Waals surface area (Å²) in [5, 5.41) is 16.3. The van der Waals surface area contributed by atoms with Crippen molar-refractivity contribution < 1.29 is 13.9 Å². The van der Waals surface area contributed by atoms with Crippen LogP contribution in [-0.4, -0.2) is 58.8 Å². The standard InChI is InChI=1S/C22H24FN7O2.ClH/c1-28-11-13-10-16(21(32-3)18(23)19(13)26-28)25-22(31)14-4-5-17(30-8-6-24-7-9-30)15-12-29(2)27-20(14)15;/h4-5,10-12,24H,6-9H2,1-3H3,(H,25,31);1H. The molecule has 9 nitrogen and oxygen atoms in total. The second-order valence-electron chi connectivity index (χ2n) is 7.90. The first kappa shape index (κ1) is 22.8. The van der Waals surface area contributed by atoms with Gasteiger partial charge in [0.15, 0.2) is 11.6 Å². The highest BCUT2D eigenvalue weighted by Gasteiger charge is 2.23. The Morgan fingerprint density at radius 3 is 2.55 bits per heavy atom. The van der Waals surface area contributed by atoms with Crippen molar-refractivity contribution in [2.45, 2.75) is 0 Å². The summed E-state index contributed by atoms with van der Waals surface area (Å²) in [5.74, 6) is -1.06. The van der Waals surface area contributed by atoms with Gasteiger partial charge in [-0.2, -0.15) is 10.2 Å². The summed E-state index contributed by atoms with van der Waals surface area (Å²) in [5.41, 5.74) is 2.49. The average molecular weight is 474 g/mol. The van der Waals surface area contributed by atoms with Crippen LogP contribution in [0.15, 0.2) is 30.6 Å². The third-order valence-electron chi connectivity index (χ3n) is 5.73. The third kappa shape index (κ3) is 3.96. The molecule has 2 aromatic heterocycles. The number of nitrogens with one attached hydrogen (secondary N) is 2. The first-order chi connectivity index (χ1) is 15.5. The van der Waals surface area contributed by atoms with Gasteiger partial charge in [0.1, 0.15) is 11.0 Å². The largest absolute Gasteiger partial charge is 0.491 e. The van der Waals surface area contributed by atoms with Crippen LogP contribution < -0.4 is 20.3 Å². The minimum absolute atomic E-state index is 0. The van der Waals surface area contributed by atoms with Gasteiger partial charge in [0.2, 0.25) is 0 Å². The molecule has 0 radical (unpaired) electrons. The lowest BCUT2D eigenvalue weighted by molar-refractivity contribution is 0.102. The zero-order chi connectivity index (χ0) is 22.4. The van der Waals surface area contributed by atoms with Crippen molar-refractivity contribution in [1.82, 2.24) is 24.9 Å². The fourth-order valence-electron chi connectivity index (χ4n) is 4.28. The van der Waals surface area contributed by atoms with Crippen molar-refractivity contribution >= 4 is 51.5 Å². The number of anilines is 2. The van der Waals surface area contributed by atoms with Gasteiger partial charge >= 0.3 is 0 Å². The average Bonchev–Trinajstić information content (AvgIpc) is 3.35. The number of rotatable bonds is 4. The lowest BCUT2D eigenvalue weighted by atomic mass is 10.1. The number of piperazine rings is 1. The van der Waals surface area contributed by atoms with E-state index in [0.717, 1.165) is 37.3 Å². The van der Waals surface area contributed by atoms with Gasteiger partial charge in [-0.1, -0.05) is 0 Å². The first-order valence-corrected chi connectivity index (χ1v) is 10.4. The van der Waals surface area contributed by atoms with Crippen molar-refractivity contribution in [3.63, 3.8) is 0 Å². The van der Waals surface area contributed by atoms with Crippen LogP contribution in [0.3, 0.4) is 0 Å². The number of aromatic nitrogens is 4. The van der Waals surface area contributed by atoms with Gasteiger partial charge in [0.05, 0.1) is 18.4 Å². The normalized spacial score (nSPS) is 13.9.